The predicted octanol–water partition coefficient (Wildman–Crippen LogP) is 4.98. The lowest BCUT2D eigenvalue weighted by Gasteiger charge is -2.19. The highest BCUT2D eigenvalue weighted by atomic mass is 32.1. The van der Waals surface area contributed by atoms with E-state index in [2.05, 4.69) is 29.7 Å². The molecule has 0 radical (unpaired) electrons. The Morgan fingerprint density at radius 1 is 0.923 bits per heavy atom. The van der Waals surface area contributed by atoms with Crippen molar-refractivity contribution in [1.29, 1.82) is 0 Å². The van der Waals surface area contributed by atoms with Crippen LogP contribution in [-0.4, -0.2) is 29.4 Å². The van der Waals surface area contributed by atoms with Gasteiger partial charge in [-0.1, -0.05) is 95.0 Å². The smallest absolute Gasteiger partial charge is 0.166 e. The highest BCUT2D eigenvalue weighted by Crippen LogP contribution is 2.10. The fourth-order valence-electron chi connectivity index (χ4n) is 3.11. The number of thiocarbonyl (C=S) groups is 1. The van der Waals surface area contributed by atoms with E-state index < -0.39 is 0 Å². The van der Waals surface area contributed by atoms with Crippen LogP contribution in [-0.2, 0) is 6.42 Å². The quantitative estimate of drug-likeness (QED) is 0.298. The van der Waals surface area contributed by atoms with Gasteiger partial charge in [0.2, 0.25) is 0 Å². The zero-order valence-electron chi connectivity index (χ0n) is 16.5. The zero-order chi connectivity index (χ0) is 18.9. The van der Waals surface area contributed by atoms with Crippen LogP contribution in [0.3, 0.4) is 0 Å². The Labute approximate surface area is 166 Å². The maximum atomic E-state index is 9.55. The summed E-state index contributed by atoms with van der Waals surface area (Å²) in [5, 5.41) is 16.7. The third-order valence-electron chi connectivity index (χ3n) is 4.70. The summed E-state index contributed by atoms with van der Waals surface area (Å²) in [5.74, 6) is 0. The van der Waals surface area contributed by atoms with Crippen molar-refractivity contribution in [1.82, 2.24) is 10.6 Å². The van der Waals surface area contributed by atoms with Gasteiger partial charge in [0.05, 0.1) is 12.6 Å². The van der Waals surface area contributed by atoms with Gasteiger partial charge in [0.15, 0.2) is 5.11 Å². The maximum Gasteiger partial charge on any atom is 0.166 e. The number of aliphatic hydroxyl groups excluding tert-OH is 1. The van der Waals surface area contributed by atoms with E-state index in [0.29, 0.717) is 5.11 Å². The van der Waals surface area contributed by atoms with Crippen LogP contribution in [0.25, 0.3) is 0 Å². The molecule has 0 bridgehead atoms. The highest BCUT2D eigenvalue weighted by Gasteiger charge is 2.09. The minimum absolute atomic E-state index is 0.0369. The molecule has 148 valence electrons. The summed E-state index contributed by atoms with van der Waals surface area (Å²) in [6.07, 6.45) is 14.2. The summed E-state index contributed by atoms with van der Waals surface area (Å²) in [5.41, 5.74) is 1.21. The maximum absolute atomic E-state index is 9.55. The number of benzene rings is 1. The van der Waals surface area contributed by atoms with Crippen LogP contribution in [0.4, 0.5) is 0 Å². The molecule has 1 atom stereocenters. The minimum atomic E-state index is -0.0369. The normalized spacial score (nSPS) is 11.9. The Morgan fingerprint density at radius 2 is 1.50 bits per heavy atom. The molecule has 0 aliphatic carbocycles. The summed E-state index contributed by atoms with van der Waals surface area (Å²) < 4.78 is 0. The van der Waals surface area contributed by atoms with Crippen molar-refractivity contribution in [2.45, 2.75) is 83.6 Å². The number of hydrogen-bond acceptors (Lipinski definition) is 2. The Morgan fingerprint density at radius 3 is 2.08 bits per heavy atom. The highest BCUT2D eigenvalue weighted by molar-refractivity contribution is 7.80. The van der Waals surface area contributed by atoms with Gasteiger partial charge >= 0.3 is 0 Å². The van der Waals surface area contributed by atoms with Gasteiger partial charge < -0.3 is 15.7 Å². The molecule has 26 heavy (non-hydrogen) atoms. The molecule has 1 aromatic rings. The fraction of sp³-hybridized carbons (Fsp3) is 0.682. The zero-order valence-corrected chi connectivity index (χ0v) is 17.3. The molecule has 0 unspecified atom stereocenters. The third-order valence-corrected chi connectivity index (χ3v) is 4.96. The molecule has 0 fully saturated rings. The van der Waals surface area contributed by atoms with Crippen molar-refractivity contribution in [3.05, 3.63) is 35.9 Å². The van der Waals surface area contributed by atoms with Crippen LogP contribution in [0, 0.1) is 0 Å². The second kappa shape index (κ2) is 16.1. The molecule has 3 nitrogen and oxygen atoms in total. The lowest BCUT2D eigenvalue weighted by molar-refractivity contribution is 0.254. The Balaban J connectivity index is 1.98. The molecule has 0 heterocycles. The molecule has 1 rings (SSSR count). The summed E-state index contributed by atoms with van der Waals surface area (Å²) in [6.45, 7) is 3.25. The van der Waals surface area contributed by atoms with E-state index in [1.165, 1.54) is 63.4 Å². The first kappa shape index (κ1) is 22.9. The summed E-state index contributed by atoms with van der Waals surface area (Å²) in [7, 11) is 0. The number of rotatable bonds is 15. The van der Waals surface area contributed by atoms with E-state index >= 15 is 0 Å². The second-order valence-electron chi connectivity index (χ2n) is 7.15. The van der Waals surface area contributed by atoms with Gasteiger partial charge in [-0.25, -0.2) is 0 Å². The Hall–Kier alpha value is -1.13. The van der Waals surface area contributed by atoms with Crippen molar-refractivity contribution in [3.8, 4) is 0 Å². The van der Waals surface area contributed by atoms with Crippen LogP contribution in [0.15, 0.2) is 30.3 Å². The van der Waals surface area contributed by atoms with Crippen LogP contribution in [0.1, 0.15) is 76.7 Å². The molecular weight excluding hydrogens is 340 g/mol. The van der Waals surface area contributed by atoms with E-state index in [1.54, 1.807) is 0 Å². The minimum Gasteiger partial charge on any atom is -0.394 e. The average Bonchev–Trinajstić information content (AvgIpc) is 2.66. The Kier molecular flexibility index (Phi) is 14.2. The van der Waals surface area contributed by atoms with Gasteiger partial charge in [0, 0.05) is 6.54 Å². The van der Waals surface area contributed by atoms with Crippen LogP contribution >= 0.6 is 12.2 Å². The van der Waals surface area contributed by atoms with Gasteiger partial charge in [-0.2, -0.15) is 0 Å². The van der Waals surface area contributed by atoms with Gasteiger partial charge in [0.1, 0.15) is 0 Å². The van der Waals surface area contributed by atoms with Gasteiger partial charge in [-0.15, -0.1) is 0 Å². The predicted molar refractivity (Wildman–Crippen MR) is 117 cm³/mol. The van der Waals surface area contributed by atoms with Crippen molar-refractivity contribution in [2.75, 3.05) is 13.2 Å². The molecule has 0 aliphatic rings. The lowest BCUT2D eigenvalue weighted by atomic mass is 10.1. The average molecular weight is 379 g/mol. The molecule has 0 aromatic heterocycles. The molecule has 0 spiro atoms. The molecule has 4 heteroatoms. The van der Waals surface area contributed by atoms with E-state index in [9.17, 15) is 5.11 Å². The largest absolute Gasteiger partial charge is 0.394 e. The third kappa shape index (κ3) is 12.3. The van der Waals surface area contributed by atoms with E-state index in [0.717, 1.165) is 19.4 Å². The first-order chi connectivity index (χ1) is 12.8. The molecule has 0 saturated carbocycles. The molecule has 3 N–H and O–H groups in total. The van der Waals surface area contributed by atoms with Crippen LogP contribution in [0.2, 0.25) is 0 Å². The number of aliphatic hydroxyl groups is 1. The lowest BCUT2D eigenvalue weighted by Crippen LogP contribution is -2.44. The number of nitrogens with one attached hydrogen (secondary N) is 2. The number of hydrogen-bond donors (Lipinski definition) is 3. The molecule has 1 aromatic carbocycles. The summed E-state index contributed by atoms with van der Waals surface area (Å²) in [6, 6.07) is 10.2. The molecule has 0 aliphatic heterocycles. The van der Waals surface area contributed by atoms with Crippen LogP contribution in [0.5, 0.6) is 0 Å². The van der Waals surface area contributed by atoms with E-state index in [-0.39, 0.29) is 12.6 Å². The standard InChI is InChI=1S/C22H38N2OS/c1-2-3-4-5-6-7-8-9-10-14-17-23-22(26)24-21(19-25)18-20-15-12-11-13-16-20/h11-13,15-16,21,25H,2-10,14,17-19H2,1H3,(H2,23,24,26)/t21-/m0/s1. The molecule has 0 saturated heterocycles. The summed E-state index contributed by atoms with van der Waals surface area (Å²) >= 11 is 5.35. The first-order valence-electron chi connectivity index (χ1n) is 10.5. The van der Waals surface area contributed by atoms with Crippen molar-refractivity contribution < 1.29 is 5.11 Å². The molecule has 0 amide bonds. The van der Waals surface area contributed by atoms with Crippen molar-refractivity contribution >= 4 is 17.3 Å². The second-order valence-corrected chi connectivity index (χ2v) is 7.56. The summed E-state index contributed by atoms with van der Waals surface area (Å²) in [4.78, 5) is 0. The van der Waals surface area contributed by atoms with E-state index in [1.807, 2.05) is 18.2 Å². The fourth-order valence-corrected chi connectivity index (χ4v) is 3.38. The van der Waals surface area contributed by atoms with Gasteiger partial charge in [-0.3, -0.25) is 0 Å². The number of unbranched alkanes of at least 4 members (excludes halogenated alkanes) is 9. The van der Waals surface area contributed by atoms with Crippen molar-refractivity contribution in [3.63, 3.8) is 0 Å². The van der Waals surface area contributed by atoms with Crippen molar-refractivity contribution in [2.24, 2.45) is 0 Å². The van der Waals surface area contributed by atoms with Crippen LogP contribution < -0.4 is 10.6 Å². The Bertz CT molecular complexity index is 453. The van der Waals surface area contributed by atoms with Gasteiger partial charge in [-0.05, 0) is 30.6 Å². The molecular formula is C22H38N2OS. The van der Waals surface area contributed by atoms with E-state index in [4.69, 9.17) is 12.2 Å². The SMILES string of the molecule is CCCCCCCCCCCCNC(=S)N[C@H](CO)Cc1ccccc1. The van der Waals surface area contributed by atoms with Gasteiger partial charge in [0.25, 0.3) is 0 Å². The topological polar surface area (TPSA) is 44.3 Å². The first-order valence-corrected chi connectivity index (χ1v) is 10.9. The monoisotopic (exact) mass is 378 g/mol.